The SMILES string of the molecule is COC1CCC(NC(=O)c2nc(-n3ccnc3)cc(=O)[nH]2)CC1. The van der Waals surface area contributed by atoms with E-state index >= 15 is 0 Å². The molecule has 0 aliphatic heterocycles. The Hall–Kier alpha value is -2.48. The monoisotopic (exact) mass is 317 g/mol. The fourth-order valence-corrected chi connectivity index (χ4v) is 2.78. The van der Waals surface area contributed by atoms with Crippen molar-refractivity contribution in [3.63, 3.8) is 0 Å². The van der Waals surface area contributed by atoms with Gasteiger partial charge in [-0.05, 0) is 25.7 Å². The van der Waals surface area contributed by atoms with Gasteiger partial charge in [0.25, 0.3) is 11.5 Å². The molecule has 0 unspecified atom stereocenters. The van der Waals surface area contributed by atoms with Gasteiger partial charge in [0.15, 0.2) is 0 Å². The van der Waals surface area contributed by atoms with Crippen LogP contribution in [0.15, 0.2) is 29.6 Å². The van der Waals surface area contributed by atoms with Crippen LogP contribution in [0.3, 0.4) is 0 Å². The van der Waals surface area contributed by atoms with Crippen molar-refractivity contribution in [2.45, 2.75) is 37.8 Å². The van der Waals surface area contributed by atoms with Crippen molar-refractivity contribution in [1.29, 1.82) is 0 Å². The second kappa shape index (κ2) is 6.74. The largest absolute Gasteiger partial charge is 0.381 e. The van der Waals surface area contributed by atoms with Gasteiger partial charge in [-0.25, -0.2) is 9.97 Å². The summed E-state index contributed by atoms with van der Waals surface area (Å²) in [4.78, 5) is 34.7. The number of hydrogen-bond acceptors (Lipinski definition) is 5. The van der Waals surface area contributed by atoms with Crippen LogP contribution in [0.1, 0.15) is 36.3 Å². The highest BCUT2D eigenvalue weighted by molar-refractivity contribution is 5.90. The van der Waals surface area contributed by atoms with Crippen LogP contribution in [0.4, 0.5) is 0 Å². The third kappa shape index (κ3) is 3.65. The number of nitrogens with zero attached hydrogens (tertiary/aromatic N) is 3. The molecule has 2 aromatic heterocycles. The number of carbonyl (C=O) groups is 1. The van der Waals surface area contributed by atoms with Gasteiger partial charge in [0.1, 0.15) is 12.1 Å². The number of hydrogen-bond donors (Lipinski definition) is 2. The smallest absolute Gasteiger partial charge is 0.287 e. The molecule has 8 heteroatoms. The van der Waals surface area contributed by atoms with Gasteiger partial charge in [-0.3, -0.25) is 14.2 Å². The van der Waals surface area contributed by atoms with E-state index in [1.807, 2.05) is 0 Å². The third-order valence-electron chi connectivity index (χ3n) is 4.05. The molecule has 3 rings (SSSR count). The zero-order valence-corrected chi connectivity index (χ0v) is 12.9. The lowest BCUT2D eigenvalue weighted by Gasteiger charge is -2.27. The first-order valence-corrected chi connectivity index (χ1v) is 7.59. The summed E-state index contributed by atoms with van der Waals surface area (Å²) in [7, 11) is 1.71. The summed E-state index contributed by atoms with van der Waals surface area (Å²) in [6.07, 6.45) is 8.58. The van der Waals surface area contributed by atoms with E-state index in [9.17, 15) is 9.59 Å². The quantitative estimate of drug-likeness (QED) is 0.862. The molecule has 1 amide bonds. The number of ether oxygens (including phenoxy) is 1. The number of carbonyl (C=O) groups excluding carboxylic acids is 1. The highest BCUT2D eigenvalue weighted by Crippen LogP contribution is 2.20. The highest BCUT2D eigenvalue weighted by atomic mass is 16.5. The first-order valence-electron chi connectivity index (χ1n) is 7.59. The van der Waals surface area contributed by atoms with E-state index in [-0.39, 0.29) is 29.4 Å². The minimum absolute atomic E-state index is 0.00932. The summed E-state index contributed by atoms with van der Waals surface area (Å²) in [5.41, 5.74) is -0.378. The van der Waals surface area contributed by atoms with Gasteiger partial charge in [-0.1, -0.05) is 0 Å². The van der Waals surface area contributed by atoms with E-state index in [4.69, 9.17) is 4.74 Å². The van der Waals surface area contributed by atoms with E-state index < -0.39 is 0 Å². The van der Waals surface area contributed by atoms with E-state index in [0.717, 1.165) is 25.7 Å². The zero-order chi connectivity index (χ0) is 16.2. The molecule has 2 N–H and O–H groups in total. The normalized spacial score (nSPS) is 21.1. The number of amides is 1. The van der Waals surface area contributed by atoms with Crippen molar-refractivity contribution in [2.24, 2.45) is 0 Å². The van der Waals surface area contributed by atoms with Crippen LogP contribution in [-0.4, -0.2) is 44.7 Å². The average molecular weight is 317 g/mol. The van der Waals surface area contributed by atoms with Crippen molar-refractivity contribution in [2.75, 3.05) is 7.11 Å². The van der Waals surface area contributed by atoms with Gasteiger partial charge >= 0.3 is 0 Å². The van der Waals surface area contributed by atoms with Crippen molar-refractivity contribution >= 4 is 5.91 Å². The molecule has 122 valence electrons. The molecule has 0 atom stereocenters. The van der Waals surface area contributed by atoms with Crippen molar-refractivity contribution in [1.82, 2.24) is 24.8 Å². The molecule has 0 aromatic carbocycles. The van der Waals surface area contributed by atoms with Crippen LogP contribution in [0.2, 0.25) is 0 Å². The fourth-order valence-electron chi connectivity index (χ4n) is 2.78. The topological polar surface area (TPSA) is 102 Å². The van der Waals surface area contributed by atoms with E-state index in [2.05, 4.69) is 20.3 Å². The average Bonchev–Trinajstić information content (AvgIpc) is 3.09. The Balaban J connectivity index is 1.71. The predicted molar refractivity (Wildman–Crippen MR) is 82.5 cm³/mol. The number of aromatic amines is 1. The van der Waals surface area contributed by atoms with Gasteiger partial charge < -0.3 is 15.0 Å². The molecule has 0 bridgehead atoms. The van der Waals surface area contributed by atoms with E-state index in [0.29, 0.717) is 5.82 Å². The maximum atomic E-state index is 12.3. The maximum absolute atomic E-state index is 12.3. The fraction of sp³-hybridized carbons (Fsp3) is 0.467. The molecule has 1 saturated carbocycles. The molecule has 23 heavy (non-hydrogen) atoms. The second-order valence-corrected chi connectivity index (χ2v) is 5.60. The number of H-pyrrole nitrogens is 1. The maximum Gasteiger partial charge on any atom is 0.287 e. The van der Waals surface area contributed by atoms with Crippen LogP contribution in [0.25, 0.3) is 5.82 Å². The van der Waals surface area contributed by atoms with Gasteiger partial charge in [0.05, 0.1) is 6.10 Å². The lowest BCUT2D eigenvalue weighted by atomic mass is 9.93. The Morgan fingerprint density at radius 2 is 2.17 bits per heavy atom. The molecule has 1 aliphatic carbocycles. The number of imidazole rings is 1. The molecule has 0 saturated heterocycles. The molecular formula is C15H19N5O3. The molecular weight excluding hydrogens is 298 g/mol. The van der Waals surface area contributed by atoms with E-state index in [1.54, 1.807) is 24.1 Å². The lowest BCUT2D eigenvalue weighted by Crippen LogP contribution is -2.40. The molecule has 2 heterocycles. The second-order valence-electron chi connectivity index (χ2n) is 5.60. The highest BCUT2D eigenvalue weighted by Gasteiger charge is 2.23. The first kappa shape index (κ1) is 15.4. The van der Waals surface area contributed by atoms with E-state index in [1.165, 1.54) is 12.4 Å². The first-order chi connectivity index (χ1) is 11.2. The zero-order valence-electron chi connectivity index (χ0n) is 12.9. The van der Waals surface area contributed by atoms with Crippen LogP contribution in [0, 0.1) is 0 Å². The van der Waals surface area contributed by atoms with Crippen molar-refractivity contribution in [3.05, 3.63) is 41.0 Å². The van der Waals surface area contributed by atoms with Crippen LogP contribution < -0.4 is 10.9 Å². The minimum Gasteiger partial charge on any atom is -0.381 e. The van der Waals surface area contributed by atoms with Crippen molar-refractivity contribution in [3.8, 4) is 5.82 Å². The van der Waals surface area contributed by atoms with Crippen LogP contribution in [0.5, 0.6) is 0 Å². The summed E-state index contributed by atoms with van der Waals surface area (Å²) >= 11 is 0. The van der Waals surface area contributed by atoms with Crippen LogP contribution >= 0.6 is 0 Å². The minimum atomic E-state index is -0.378. The predicted octanol–water partition coefficient (Wildman–Crippen LogP) is 0.643. The Labute approximate surface area is 132 Å². The number of methoxy groups -OCH3 is 1. The standard InChI is InChI=1S/C15H19N5O3/c1-23-11-4-2-10(3-5-11)17-15(22)14-18-12(8-13(21)19-14)20-7-6-16-9-20/h6-11H,2-5H2,1H3,(H,17,22)(H,18,19,21). The Bertz CT molecular complexity index is 717. The summed E-state index contributed by atoms with van der Waals surface area (Å²) in [5, 5.41) is 2.93. The number of rotatable bonds is 4. The Morgan fingerprint density at radius 1 is 1.39 bits per heavy atom. The Morgan fingerprint density at radius 3 is 2.83 bits per heavy atom. The molecule has 1 aliphatic rings. The van der Waals surface area contributed by atoms with Gasteiger partial charge in [0.2, 0.25) is 5.82 Å². The molecule has 1 fully saturated rings. The summed E-state index contributed by atoms with van der Waals surface area (Å²) in [6, 6.07) is 1.40. The Kier molecular flexibility index (Phi) is 4.52. The summed E-state index contributed by atoms with van der Waals surface area (Å²) < 4.78 is 6.90. The number of aromatic nitrogens is 4. The molecule has 0 radical (unpaired) electrons. The molecule has 0 spiro atoms. The third-order valence-corrected chi connectivity index (χ3v) is 4.05. The molecule has 2 aromatic rings. The van der Waals surface area contributed by atoms with Crippen molar-refractivity contribution < 1.29 is 9.53 Å². The van der Waals surface area contributed by atoms with Crippen LogP contribution in [-0.2, 0) is 4.74 Å². The van der Waals surface area contributed by atoms with Gasteiger partial charge in [-0.2, -0.15) is 0 Å². The van der Waals surface area contributed by atoms with Gasteiger partial charge in [0, 0.05) is 31.6 Å². The van der Waals surface area contributed by atoms with Gasteiger partial charge in [-0.15, -0.1) is 0 Å². The lowest BCUT2D eigenvalue weighted by molar-refractivity contribution is 0.0597. The number of nitrogens with one attached hydrogen (secondary N) is 2. The summed E-state index contributed by atoms with van der Waals surface area (Å²) in [6.45, 7) is 0. The molecule has 8 nitrogen and oxygen atoms in total. The summed E-state index contributed by atoms with van der Waals surface area (Å²) in [5.74, 6) is -0.000474.